The van der Waals surface area contributed by atoms with Crippen LogP contribution < -0.4 is 11.5 Å². The predicted octanol–water partition coefficient (Wildman–Crippen LogP) is 2.61. The molecule has 3 amide bonds. The summed E-state index contributed by atoms with van der Waals surface area (Å²) in [5.41, 5.74) is 11.5. The SMILES string of the molecule is CCCCN(C(N)=O)N(C(=O)c1ccccc1N)C(C)(C)C. The molecule has 22 heavy (non-hydrogen) atoms. The topological polar surface area (TPSA) is 92.7 Å². The molecular formula is C16H26N4O2. The second-order valence-corrected chi connectivity index (χ2v) is 6.19. The van der Waals surface area contributed by atoms with E-state index in [-0.39, 0.29) is 5.91 Å². The van der Waals surface area contributed by atoms with E-state index in [0.717, 1.165) is 12.8 Å². The number of carbonyl (C=O) groups excluding carboxylic acids is 2. The fourth-order valence-electron chi connectivity index (χ4n) is 2.20. The molecule has 0 aliphatic carbocycles. The van der Waals surface area contributed by atoms with Crippen LogP contribution in [-0.2, 0) is 0 Å². The third-order valence-corrected chi connectivity index (χ3v) is 3.24. The molecular weight excluding hydrogens is 280 g/mol. The Balaban J connectivity index is 3.25. The number of amides is 3. The number of rotatable bonds is 4. The quantitative estimate of drug-likeness (QED) is 0.661. The van der Waals surface area contributed by atoms with Gasteiger partial charge in [-0.15, -0.1) is 0 Å². The molecule has 0 heterocycles. The van der Waals surface area contributed by atoms with Crippen molar-refractivity contribution in [2.45, 2.75) is 46.1 Å². The smallest absolute Gasteiger partial charge is 0.333 e. The van der Waals surface area contributed by atoms with E-state index in [9.17, 15) is 9.59 Å². The summed E-state index contributed by atoms with van der Waals surface area (Å²) in [7, 11) is 0. The Labute approximate surface area is 132 Å². The largest absolute Gasteiger partial charge is 0.398 e. The van der Waals surface area contributed by atoms with Gasteiger partial charge in [0.1, 0.15) is 0 Å². The molecule has 0 aliphatic heterocycles. The van der Waals surface area contributed by atoms with Gasteiger partial charge in [0.25, 0.3) is 5.91 Å². The van der Waals surface area contributed by atoms with Crippen LogP contribution in [0.1, 0.15) is 50.9 Å². The minimum atomic E-state index is -0.647. The Bertz CT molecular complexity index is 537. The maximum Gasteiger partial charge on any atom is 0.333 e. The van der Waals surface area contributed by atoms with Crippen LogP contribution in [0.3, 0.4) is 0 Å². The normalized spacial score (nSPS) is 11.1. The minimum absolute atomic E-state index is 0.333. The van der Waals surface area contributed by atoms with Gasteiger partial charge in [-0.2, -0.15) is 0 Å². The summed E-state index contributed by atoms with van der Waals surface area (Å²) in [6.45, 7) is 7.96. The van der Waals surface area contributed by atoms with E-state index in [2.05, 4.69) is 0 Å². The summed E-state index contributed by atoms with van der Waals surface area (Å²) >= 11 is 0. The molecule has 6 heteroatoms. The Morgan fingerprint density at radius 3 is 2.23 bits per heavy atom. The van der Waals surface area contributed by atoms with Gasteiger partial charge in [0, 0.05) is 12.2 Å². The van der Waals surface area contributed by atoms with Crippen LogP contribution in [0.2, 0.25) is 0 Å². The van der Waals surface area contributed by atoms with Crippen molar-refractivity contribution in [1.29, 1.82) is 0 Å². The molecule has 0 fully saturated rings. The lowest BCUT2D eigenvalue weighted by atomic mass is 10.1. The van der Waals surface area contributed by atoms with Crippen LogP contribution in [0.5, 0.6) is 0 Å². The summed E-state index contributed by atoms with van der Waals surface area (Å²) in [5.74, 6) is -0.333. The maximum absolute atomic E-state index is 12.9. The standard InChI is InChI=1S/C16H26N4O2/c1-5-6-11-19(15(18)22)20(16(2,3)4)14(21)12-9-7-8-10-13(12)17/h7-10H,5-6,11,17H2,1-4H3,(H2,18,22). The monoisotopic (exact) mass is 306 g/mol. The average Bonchev–Trinajstić information content (AvgIpc) is 2.41. The molecule has 0 unspecified atom stereocenters. The summed E-state index contributed by atoms with van der Waals surface area (Å²) in [5, 5.41) is 2.70. The van der Waals surface area contributed by atoms with Crippen LogP contribution in [0, 0.1) is 0 Å². The van der Waals surface area contributed by atoms with E-state index in [0.29, 0.717) is 17.8 Å². The van der Waals surface area contributed by atoms with E-state index >= 15 is 0 Å². The Morgan fingerprint density at radius 2 is 1.77 bits per heavy atom. The maximum atomic E-state index is 12.9. The van der Waals surface area contributed by atoms with Crippen molar-refractivity contribution in [2.75, 3.05) is 12.3 Å². The second kappa shape index (κ2) is 7.15. The number of nitrogens with two attached hydrogens (primary N) is 2. The van der Waals surface area contributed by atoms with Crippen LogP contribution in [0.15, 0.2) is 24.3 Å². The van der Waals surface area contributed by atoms with Gasteiger partial charge in [0.05, 0.1) is 11.1 Å². The Kier molecular flexibility index (Phi) is 5.79. The molecule has 0 aromatic heterocycles. The first-order valence-electron chi connectivity index (χ1n) is 7.46. The predicted molar refractivity (Wildman–Crippen MR) is 88.0 cm³/mol. The number of unbranched alkanes of at least 4 members (excludes halogenated alkanes) is 1. The Hall–Kier alpha value is -2.24. The molecule has 122 valence electrons. The number of nitrogens with zero attached hydrogens (tertiary/aromatic N) is 2. The van der Waals surface area contributed by atoms with Crippen molar-refractivity contribution in [1.82, 2.24) is 10.0 Å². The first-order valence-corrected chi connectivity index (χ1v) is 7.46. The molecule has 1 aromatic rings. The summed E-state index contributed by atoms with van der Waals surface area (Å²) < 4.78 is 0. The van der Waals surface area contributed by atoms with E-state index < -0.39 is 11.6 Å². The highest BCUT2D eigenvalue weighted by molar-refractivity contribution is 6.00. The van der Waals surface area contributed by atoms with E-state index in [1.54, 1.807) is 24.3 Å². The molecule has 4 N–H and O–H groups in total. The van der Waals surface area contributed by atoms with Crippen molar-refractivity contribution in [3.05, 3.63) is 29.8 Å². The molecule has 0 spiro atoms. The highest BCUT2D eigenvalue weighted by Gasteiger charge is 2.35. The number of carbonyl (C=O) groups is 2. The van der Waals surface area contributed by atoms with Crippen molar-refractivity contribution in [3.63, 3.8) is 0 Å². The van der Waals surface area contributed by atoms with Gasteiger partial charge >= 0.3 is 6.03 Å². The van der Waals surface area contributed by atoms with Gasteiger partial charge in [0.15, 0.2) is 0 Å². The number of anilines is 1. The summed E-state index contributed by atoms with van der Waals surface area (Å²) in [4.78, 5) is 24.8. The summed E-state index contributed by atoms with van der Waals surface area (Å²) in [6, 6.07) is 6.16. The molecule has 1 rings (SSSR count). The minimum Gasteiger partial charge on any atom is -0.398 e. The molecule has 6 nitrogen and oxygen atoms in total. The molecule has 0 saturated heterocycles. The van der Waals surface area contributed by atoms with Crippen molar-refractivity contribution in [2.24, 2.45) is 5.73 Å². The molecule has 0 aliphatic rings. The first kappa shape index (κ1) is 17.8. The fraction of sp³-hybridized carbons (Fsp3) is 0.500. The number of para-hydroxylation sites is 1. The lowest BCUT2D eigenvalue weighted by Gasteiger charge is -2.42. The number of nitrogen functional groups attached to an aromatic ring is 1. The van der Waals surface area contributed by atoms with Gasteiger partial charge < -0.3 is 11.5 Å². The number of hydrogen-bond acceptors (Lipinski definition) is 3. The molecule has 0 atom stereocenters. The van der Waals surface area contributed by atoms with Gasteiger partial charge in [-0.3, -0.25) is 4.79 Å². The zero-order valence-corrected chi connectivity index (χ0v) is 13.8. The highest BCUT2D eigenvalue weighted by atomic mass is 16.2. The molecule has 0 radical (unpaired) electrons. The third-order valence-electron chi connectivity index (χ3n) is 3.24. The summed E-state index contributed by atoms with van der Waals surface area (Å²) in [6.07, 6.45) is 1.65. The first-order chi connectivity index (χ1) is 10.2. The number of urea groups is 1. The second-order valence-electron chi connectivity index (χ2n) is 6.19. The average molecular weight is 306 g/mol. The number of primary amides is 1. The van der Waals surface area contributed by atoms with Gasteiger partial charge in [-0.1, -0.05) is 25.5 Å². The van der Waals surface area contributed by atoms with E-state index in [1.807, 2.05) is 27.7 Å². The lowest BCUT2D eigenvalue weighted by Crippen LogP contribution is -2.59. The van der Waals surface area contributed by atoms with Crippen molar-refractivity contribution < 1.29 is 9.59 Å². The zero-order chi connectivity index (χ0) is 16.9. The van der Waals surface area contributed by atoms with Crippen LogP contribution in [-0.4, -0.2) is 34.0 Å². The zero-order valence-electron chi connectivity index (χ0n) is 13.8. The van der Waals surface area contributed by atoms with Crippen LogP contribution >= 0.6 is 0 Å². The molecule has 1 aromatic carbocycles. The Morgan fingerprint density at radius 1 is 1.18 bits per heavy atom. The van der Waals surface area contributed by atoms with Gasteiger partial charge in [-0.05, 0) is 39.3 Å². The van der Waals surface area contributed by atoms with Crippen molar-refractivity contribution >= 4 is 17.6 Å². The van der Waals surface area contributed by atoms with Crippen molar-refractivity contribution in [3.8, 4) is 0 Å². The van der Waals surface area contributed by atoms with Crippen LogP contribution in [0.25, 0.3) is 0 Å². The highest BCUT2D eigenvalue weighted by Crippen LogP contribution is 2.23. The number of hydrazine groups is 1. The van der Waals surface area contributed by atoms with Gasteiger partial charge in [-0.25, -0.2) is 14.8 Å². The number of hydrogen-bond donors (Lipinski definition) is 2. The lowest BCUT2D eigenvalue weighted by molar-refractivity contribution is -0.0311. The third kappa shape index (κ3) is 4.13. The van der Waals surface area contributed by atoms with Gasteiger partial charge in [0.2, 0.25) is 0 Å². The molecule has 0 saturated carbocycles. The molecule has 0 bridgehead atoms. The van der Waals surface area contributed by atoms with E-state index in [4.69, 9.17) is 11.5 Å². The number of benzene rings is 1. The van der Waals surface area contributed by atoms with E-state index in [1.165, 1.54) is 10.0 Å². The van der Waals surface area contributed by atoms with Crippen LogP contribution in [0.4, 0.5) is 10.5 Å². The fourth-order valence-corrected chi connectivity index (χ4v) is 2.20.